The maximum absolute atomic E-state index is 13.3. The second-order valence-electron chi connectivity index (χ2n) is 8.35. The number of hydrogen-bond donors (Lipinski definition) is 3. The lowest BCUT2D eigenvalue weighted by Crippen LogP contribution is -2.37. The van der Waals surface area contributed by atoms with E-state index in [-0.39, 0.29) is 35.0 Å². The SMILES string of the molecule is COc1cccc(-c2c(Cl)nc(NCCC3CCNCC3)c(=O)n2CC(=O)NC(C)C)c1. The quantitative estimate of drug-likeness (QED) is 0.531. The molecule has 0 radical (unpaired) electrons. The van der Waals surface area contributed by atoms with Crippen LogP contribution in [-0.2, 0) is 11.3 Å². The van der Waals surface area contributed by atoms with Gasteiger partial charge in [-0.15, -0.1) is 0 Å². The van der Waals surface area contributed by atoms with Gasteiger partial charge >= 0.3 is 0 Å². The van der Waals surface area contributed by atoms with Crippen molar-refractivity contribution in [2.45, 2.75) is 45.7 Å². The number of nitrogens with zero attached hydrogens (tertiary/aromatic N) is 2. The van der Waals surface area contributed by atoms with Gasteiger partial charge in [0.1, 0.15) is 12.3 Å². The van der Waals surface area contributed by atoms with Crippen LogP contribution < -0.4 is 26.2 Å². The number of carbonyl (C=O) groups excluding carboxylic acids is 1. The largest absolute Gasteiger partial charge is 0.497 e. The van der Waals surface area contributed by atoms with Crippen LogP contribution in [0.15, 0.2) is 29.1 Å². The minimum Gasteiger partial charge on any atom is -0.497 e. The summed E-state index contributed by atoms with van der Waals surface area (Å²) in [5.41, 5.74) is 0.660. The fraction of sp³-hybridized carbons (Fsp3) is 0.522. The molecule has 3 N–H and O–H groups in total. The Kier molecular flexibility index (Phi) is 8.53. The van der Waals surface area contributed by atoms with Gasteiger partial charge in [0, 0.05) is 18.2 Å². The predicted molar refractivity (Wildman–Crippen MR) is 127 cm³/mol. The lowest BCUT2D eigenvalue weighted by Gasteiger charge is -2.22. The fourth-order valence-corrected chi connectivity index (χ4v) is 4.22. The monoisotopic (exact) mass is 461 g/mol. The molecular formula is C23H32ClN5O3. The van der Waals surface area contributed by atoms with E-state index in [9.17, 15) is 9.59 Å². The maximum Gasteiger partial charge on any atom is 0.294 e. The van der Waals surface area contributed by atoms with Crippen molar-refractivity contribution in [3.05, 3.63) is 39.8 Å². The Morgan fingerprint density at radius 1 is 1.34 bits per heavy atom. The van der Waals surface area contributed by atoms with E-state index in [0.717, 1.165) is 32.4 Å². The second-order valence-corrected chi connectivity index (χ2v) is 8.71. The van der Waals surface area contributed by atoms with Crippen LogP contribution in [0.5, 0.6) is 5.75 Å². The van der Waals surface area contributed by atoms with Crippen molar-refractivity contribution in [1.82, 2.24) is 20.2 Å². The van der Waals surface area contributed by atoms with Gasteiger partial charge in [-0.05, 0) is 64.3 Å². The molecule has 9 heteroatoms. The molecule has 0 bridgehead atoms. The summed E-state index contributed by atoms with van der Waals surface area (Å²) in [6.07, 6.45) is 3.21. The molecule has 1 aromatic heterocycles. The smallest absolute Gasteiger partial charge is 0.294 e. The minimum atomic E-state index is -0.378. The molecule has 1 saturated heterocycles. The third-order valence-corrected chi connectivity index (χ3v) is 5.78. The maximum atomic E-state index is 13.3. The fourth-order valence-electron chi connectivity index (χ4n) is 3.93. The minimum absolute atomic E-state index is 0.0432. The topological polar surface area (TPSA) is 97.3 Å². The van der Waals surface area contributed by atoms with Crippen molar-refractivity contribution in [1.29, 1.82) is 0 Å². The molecule has 2 aromatic rings. The summed E-state index contributed by atoms with van der Waals surface area (Å²) in [4.78, 5) is 30.2. The van der Waals surface area contributed by atoms with E-state index in [1.165, 1.54) is 4.57 Å². The zero-order valence-corrected chi connectivity index (χ0v) is 19.7. The van der Waals surface area contributed by atoms with Crippen molar-refractivity contribution in [3.63, 3.8) is 0 Å². The molecule has 0 atom stereocenters. The first-order valence-corrected chi connectivity index (χ1v) is 11.5. The molecule has 1 fully saturated rings. The molecule has 3 rings (SSSR count). The first kappa shape index (κ1) is 24.1. The summed E-state index contributed by atoms with van der Waals surface area (Å²) in [5.74, 6) is 1.13. The van der Waals surface area contributed by atoms with Crippen LogP contribution in [0.1, 0.15) is 33.1 Å². The average molecular weight is 462 g/mol. The van der Waals surface area contributed by atoms with E-state index in [1.807, 2.05) is 19.9 Å². The van der Waals surface area contributed by atoms with Crippen molar-refractivity contribution in [2.24, 2.45) is 5.92 Å². The summed E-state index contributed by atoms with van der Waals surface area (Å²) < 4.78 is 6.69. The van der Waals surface area contributed by atoms with E-state index in [0.29, 0.717) is 29.5 Å². The molecule has 1 aliphatic rings. The summed E-state index contributed by atoms with van der Waals surface area (Å²) in [7, 11) is 1.57. The number of halogens is 1. The van der Waals surface area contributed by atoms with Crippen LogP contribution >= 0.6 is 11.6 Å². The van der Waals surface area contributed by atoms with Crippen molar-refractivity contribution in [2.75, 3.05) is 32.1 Å². The average Bonchev–Trinajstić information content (AvgIpc) is 2.77. The van der Waals surface area contributed by atoms with E-state index < -0.39 is 0 Å². The van der Waals surface area contributed by atoms with Crippen LogP contribution in [-0.4, -0.2) is 48.2 Å². The second kappa shape index (κ2) is 11.3. The van der Waals surface area contributed by atoms with Crippen molar-refractivity contribution in [3.8, 4) is 17.0 Å². The van der Waals surface area contributed by atoms with Gasteiger partial charge in [-0.25, -0.2) is 4.98 Å². The van der Waals surface area contributed by atoms with Crippen molar-refractivity contribution >= 4 is 23.3 Å². The molecule has 0 spiro atoms. The molecule has 32 heavy (non-hydrogen) atoms. The zero-order chi connectivity index (χ0) is 23.1. The Hall–Kier alpha value is -2.58. The third kappa shape index (κ3) is 6.23. The number of carbonyl (C=O) groups is 1. The summed E-state index contributed by atoms with van der Waals surface area (Å²) in [6, 6.07) is 7.14. The van der Waals surface area contributed by atoms with Gasteiger partial charge < -0.3 is 20.7 Å². The van der Waals surface area contributed by atoms with Crippen LogP contribution in [0, 0.1) is 5.92 Å². The van der Waals surface area contributed by atoms with E-state index in [2.05, 4.69) is 20.9 Å². The molecule has 0 aliphatic carbocycles. The van der Waals surface area contributed by atoms with Gasteiger partial charge in [-0.1, -0.05) is 23.7 Å². The number of piperidine rings is 1. The van der Waals surface area contributed by atoms with Gasteiger partial charge in [-0.3, -0.25) is 14.2 Å². The Balaban J connectivity index is 1.92. The molecule has 1 amide bonds. The van der Waals surface area contributed by atoms with Crippen molar-refractivity contribution < 1.29 is 9.53 Å². The van der Waals surface area contributed by atoms with Gasteiger partial charge in [0.25, 0.3) is 5.56 Å². The number of benzene rings is 1. The standard InChI is InChI=1S/C23H32ClN5O3/c1-15(2)27-19(30)14-29-20(17-5-4-6-18(13-17)32-3)21(24)28-22(23(29)31)26-12-9-16-7-10-25-11-8-16/h4-6,13,15-16,25H,7-12,14H2,1-3H3,(H,26,28)(H,27,30). The Morgan fingerprint density at radius 3 is 2.78 bits per heavy atom. The van der Waals surface area contributed by atoms with Crippen LogP contribution in [0.3, 0.4) is 0 Å². The first-order valence-electron chi connectivity index (χ1n) is 11.1. The number of methoxy groups -OCH3 is 1. The highest BCUT2D eigenvalue weighted by Gasteiger charge is 2.20. The highest BCUT2D eigenvalue weighted by atomic mass is 35.5. The van der Waals surface area contributed by atoms with Gasteiger partial charge in [0.05, 0.1) is 12.8 Å². The highest BCUT2D eigenvalue weighted by molar-refractivity contribution is 6.32. The Morgan fingerprint density at radius 2 is 2.09 bits per heavy atom. The van der Waals surface area contributed by atoms with Crippen LogP contribution in [0.2, 0.25) is 5.15 Å². The van der Waals surface area contributed by atoms with Crippen LogP contribution in [0.4, 0.5) is 5.82 Å². The summed E-state index contributed by atoms with van der Waals surface area (Å²) >= 11 is 6.56. The van der Waals surface area contributed by atoms with Gasteiger partial charge in [-0.2, -0.15) is 0 Å². The zero-order valence-electron chi connectivity index (χ0n) is 18.9. The molecule has 2 heterocycles. The first-order chi connectivity index (χ1) is 15.4. The third-order valence-electron chi connectivity index (χ3n) is 5.52. The number of ether oxygens (including phenoxy) is 1. The molecule has 1 aromatic carbocycles. The molecule has 0 saturated carbocycles. The molecule has 1 aliphatic heterocycles. The number of aromatic nitrogens is 2. The van der Waals surface area contributed by atoms with E-state index >= 15 is 0 Å². The summed E-state index contributed by atoms with van der Waals surface area (Å²) in [5, 5.41) is 9.49. The number of anilines is 1. The molecular weight excluding hydrogens is 430 g/mol. The van der Waals surface area contributed by atoms with E-state index in [4.69, 9.17) is 16.3 Å². The van der Waals surface area contributed by atoms with Gasteiger partial charge in [0.15, 0.2) is 11.0 Å². The molecule has 0 unspecified atom stereocenters. The molecule has 174 valence electrons. The number of rotatable bonds is 9. The normalized spacial score (nSPS) is 14.4. The number of hydrogen-bond acceptors (Lipinski definition) is 6. The van der Waals surface area contributed by atoms with E-state index in [1.54, 1.807) is 25.3 Å². The lowest BCUT2D eigenvalue weighted by molar-refractivity contribution is -0.122. The number of nitrogens with one attached hydrogen (secondary N) is 3. The molecule has 8 nitrogen and oxygen atoms in total. The van der Waals surface area contributed by atoms with Gasteiger partial charge in [0.2, 0.25) is 5.91 Å². The summed E-state index contributed by atoms with van der Waals surface area (Å²) in [6.45, 7) is 6.27. The highest BCUT2D eigenvalue weighted by Crippen LogP contribution is 2.29. The Labute approximate surface area is 193 Å². The lowest BCUT2D eigenvalue weighted by atomic mass is 9.95. The van der Waals surface area contributed by atoms with Crippen LogP contribution in [0.25, 0.3) is 11.3 Å². The Bertz CT molecular complexity index is 986. The number of amides is 1. The predicted octanol–water partition coefficient (Wildman–Crippen LogP) is 2.90.